The van der Waals surface area contributed by atoms with Gasteiger partial charge in [-0.1, -0.05) is 23.8 Å². The van der Waals surface area contributed by atoms with E-state index >= 15 is 0 Å². The molecule has 1 N–H and O–H groups in total. The van der Waals surface area contributed by atoms with Gasteiger partial charge in [-0.05, 0) is 48.9 Å². The molecule has 0 saturated carbocycles. The number of aromatic nitrogens is 5. The molecular weight excluding hydrogens is 389 g/mol. The fourth-order valence-corrected chi connectivity index (χ4v) is 4.40. The number of aromatic amines is 1. The summed E-state index contributed by atoms with van der Waals surface area (Å²) in [6.45, 7) is 3.11. The van der Waals surface area contributed by atoms with Crippen molar-refractivity contribution in [2.75, 3.05) is 0 Å². The third-order valence-electron chi connectivity index (χ3n) is 5.99. The second-order valence-corrected chi connectivity index (χ2v) is 7.98. The summed E-state index contributed by atoms with van der Waals surface area (Å²) in [7, 11) is 0. The molecule has 6 aromatic rings. The summed E-state index contributed by atoms with van der Waals surface area (Å²) in [6.07, 6.45) is 5.62. The molecule has 3 aromatic heterocycles. The Morgan fingerprint density at radius 3 is 2.68 bits per heavy atom. The van der Waals surface area contributed by atoms with Gasteiger partial charge < -0.3 is 4.98 Å². The van der Waals surface area contributed by atoms with E-state index in [1.807, 2.05) is 46.2 Å². The Bertz CT molecular complexity index is 1570. The van der Waals surface area contributed by atoms with Gasteiger partial charge in [0, 0.05) is 33.4 Å². The maximum atomic E-state index is 14.6. The zero-order valence-electron chi connectivity index (χ0n) is 17.0. The first-order chi connectivity index (χ1) is 15.2. The molecule has 0 spiro atoms. The number of rotatable bonds is 4. The topological polar surface area (TPSA) is 51.4 Å². The molecule has 0 unspecified atom stereocenters. The van der Waals surface area contributed by atoms with E-state index in [9.17, 15) is 4.39 Å². The van der Waals surface area contributed by atoms with Crippen molar-refractivity contribution in [3.63, 3.8) is 0 Å². The monoisotopic (exact) mass is 409 g/mol. The smallest absolute Gasteiger partial charge is 0.129 e. The highest BCUT2D eigenvalue weighted by Gasteiger charge is 2.14. The zero-order valence-corrected chi connectivity index (χ0v) is 17.0. The molecule has 0 fully saturated rings. The van der Waals surface area contributed by atoms with E-state index in [4.69, 9.17) is 0 Å². The highest BCUT2D eigenvalue weighted by atomic mass is 19.1. The third kappa shape index (κ3) is 2.91. The van der Waals surface area contributed by atoms with Crippen molar-refractivity contribution in [3.05, 3.63) is 95.7 Å². The van der Waals surface area contributed by atoms with Crippen LogP contribution in [0.3, 0.4) is 0 Å². The quantitative estimate of drug-likeness (QED) is 0.423. The number of aryl methyl sites for hydroxylation is 1. The molecule has 0 aliphatic heterocycles. The summed E-state index contributed by atoms with van der Waals surface area (Å²) >= 11 is 0. The summed E-state index contributed by atoms with van der Waals surface area (Å²) in [5, 5.41) is 12.3. The molecular formula is C25H20FN5. The van der Waals surface area contributed by atoms with Crippen LogP contribution in [-0.2, 0) is 13.1 Å². The molecule has 31 heavy (non-hydrogen) atoms. The van der Waals surface area contributed by atoms with Gasteiger partial charge in [0.05, 0.1) is 36.5 Å². The maximum absolute atomic E-state index is 14.6. The van der Waals surface area contributed by atoms with Crippen LogP contribution in [-0.4, -0.2) is 24.5 Å². The van der Waals surface area contributed by atoms with Crippen LogP contribution >= 0.6 is 0 Å². The Balaban J connectivity index is 1.40. The van der Waals surface area contributed by atoms with Crippen molar-refractivity contribution >= 4 is 32.7 Å². The molecule has 3 aromatic carbocycles. The lowest BCUT2D eigenvalue weighted by molar-refractivity contribution is 0.594. The minimum atomic E-state index is -0.217. The number of nitrogens with zero attached hydrogens (tertiary/aromatic N) is 4. The average molecular weight is 409 g/mol. The second-order valence-electron chi connectivity index (χ2n) is 7.98. The van der Waals surface area contributed by atoms with E-state index in [-0.39, 0.29) is 5.82 Å². The average Bonchev–Trinajstić information content (AvgIpc) is 3.49. The lowest BCUT2D eigenvalue weighted by Crippen LogP contribution is -2.05. The van der Waals surface area contributed by atoms with Crippen molar-refractivity contribution < 1.29 is 4.39 Å². The number of halogens is 1. The van der Waals surface area contributed by atoms with Gasteiger partial charge in [0.25, 0.3) is 0 Å². The SMILES string of the molecule is Cc1ccc2c(cnn2Cc2cccc3c2cnn3Cc2c(F)ccc3[nH]ccc23)c1. The number of hydrogen-bond donors (Lipinski definition) is 1. The van der Waals surface area contributed by atoms with Gasteiger partial charge >= 0.3 is 0 Å². The molecule has 3 heterocycles. The molecule has 0 amide bonds. The highest BCUT2D eigenvalue weighted by Crippen LogP contribution is 2.26. The predicted molar refractivity (Wildman–Crippen MR) is 121 cm³/mol. The van der Waals surface area contributed by atoms with Crippen LogP contribution in [0.15, 0.2) is 73.2 Å². The molecule has 0 bridgehead atoms. The third-order valence-corrected chi connectivity index (χ3v) is 5.99. The Kier molecular flexibility index (Phi) is 3.93. The van der Waals surface area contributed by atoms with Crippen LogP contribution < -0.4 is 0 Å². The summed E-state index contributed by atoms with van der Waals surface area (Å²) in [5.41, 5.74) is 6.01. The standard InChI is InChI=1S/C25H20FN5/c1-16-5-8-24-18(11-16)12-28-30(24)14-17-3-2-4-25-20(17)13-29-31(25)15-21-19-9-10-27-23(19)7-6-22(21)26/h2-13,27H,14-15H2,1H3. The van der Waals surface area contributed by atoms with E-state index in [0.717, 1.165) is 38.3 Å². The minimum absolute atomic E-state index is 0.217. The molecule has 152 valence electrons. The Morgan fingerprint density at radius 2 is 1.74 bits per heavy atom. The Hall–Kier alpha value is -3.93. The van der Waals surface area contributed by atoms with Crippen LogP contribution in [0.2, 0.25) is 0 Å². The van der Waals surface area contributed by atoms with E-state index in [1.165, 1.54) is 11.6 Å². The molecule has 0 aliphatic carbocycles. The molecule has 6 rings (SSSR count). The van der Waals surface area contributed by atoms with Crippen LogP contribution in [0, 0.1) is 12.7 Å². The van der Waals surface area contributed by atoms with E-state index in [1.54, 1.807) is 6.07 Å². The molecule has 5 nitrogen and oxygen atoms in total. The first-order valence-corrected chi connectivity index (χ1v) is 10.3. The Morgan fingerprint density at radius 1 is 0.871 bits per heavy atom. The van der Waals surface area contributed by atoms with Crippen molar-refractivity contribution in [2.45, 2.75) is 20.0 Å². The van der Waals surface area contributed by atoms with Crippen LogP contribution in [0.25, 0.3) is 32.7 Å². The number of benzene rings is 3. The van der Waals surface area contributed by atoms with Crippen molar-refractivity contribution in [3.8, 4) is 0 Å². The lowest BCUT2D eigenvalue weighted by Gasteiger charge is -2.09. The van der Waals surface area contributed by atoms with Crippen LogP contribution in [0.5, 0.6) is 0 Å². The normalized spacial score (nSPS) is 11.8. The van der Waals surface area contributed by atoms with Gasteiger partial charge in [0.2, 0.25) is 0 Å². The lowest BCUT2D eigenvalue weighted by atomic mass is 10.1. The fourth-order valence-electron chi connectivity index (χ4n) is 4.40. The van der Waals surface area contributed by atoms with Gasteiger partial charge in [-0.3, -0.25) is 9.36 Å². The van der Waals surface area contributed by atoms with Crippen LogP contribution in [0.4, 0.5) is 4.39 Å². The predicted octanol–water partition coefficient (Wildman–Crippen LogP) is 5.41. The number of hydrogen-bond acceptors (Lipinski definition) is 2. The molecule has 0 radical (unpaired) electrons. The van der Waals surface area contributed by atoms with Gasteiger partial charge in [0.1, 0.15) is 5.82 Å². The molecule has 6 heteroatoms. The first kappa shape index (κ1) is 17.9. The maximum Gasteiger partial charge on any atom is 0.129 e. The minimum Gasteiger partial charge on any atom is -0.361 e. The largest absolute Gasteiger partial charge is 0.361 e. The van der Waals surface area contributed by atoms with E-state index in [2.05, 4.69) is 46.4 Å². The second kappa shape index (κ2) is 6.80. The fraction of sp³-hybridized carbons (Fsp3) is 0.120. The molecule has 0 atom stereocenters. The van der Waals surface area contributed by atoms with Gasteiger partial charge in [0.15, 0.2) is 0 Å². The summed E-state index contributed by atoms with van der Waals surface area (Å²) in [5.74, 6) is -0.217. The van der Waals surface area contributed by atoms with Crippen molar-refractivity contribution in [2.24, 2.45) is 0 Å². The number of fused-ring (bicyclic) bond motifs is 3. The summed E-state index contributed by atoms with van der Waals surface area (Å²) in [6, 6.07) is 17.7. The number of nitrogens with one attached hydrogen (secondary N) is 1. The highest BCUT2D eigenvalue weighted by molar-refractivity contribution is 5.85. The number of H-pyrrole nitrogens is 1. The first-order valence-electron chi connectivity index (χ1n) is 10.3. The van der Waals surface area contributed by atoms with Gasteiger partial charge in [-0.15, -0.1) is 0 Å². The zero-order chi connectivity index (χ0) is 20.9. The van der Waals surface area contributed by atoms with Gasteiger partial charge in [-0.2, -0.15) is 10.2 Å². The van der Waals surface area contributed by atoms with Gasteiger partial charge in [-0.25, -0.2) is 4.39 Å². The summed E-state index contributed by atoms with van der Waals surface area (Å²) in [4.78, 5) is 3.15. The van der Waals surface area contributed by atoms with Crippen molar-refractivity contribution in [1.82, 2.24) is 24.5 Å². The molecule has 0 saturated heterocycles. The van der Waals surface area contributed by atoms with Crippen molar-refractivity contribution in [1.29, 1.82) is 0 Å². The Labute approximate surface area is 177 Å². The van der Waals surface area contributed by atoms with Crippen LogP contribution in [0.1, 0.15) is 16.7 Å². The summed E-state index contributed by atoms with van der Waals surface area (Å²) < 4.78 is 18.5. The van der Waals surface area contributed by atoms with E-state index < -0.39 is 0 Å². The molecule has 0 aliphatic rings. The van der Waals surface area contributed by atoms with E-state index in [0.29, 0.717) is 18.7 Å².